The lowest BCUT2D eigenvalue weighted by atomic mass is 9.88. The first-order chi connectivity index (χ1) is 14.2. The van der Waals surface area contributed by atoms with Crippen molar-refractivity contribution < 1.29 is 44.2 Å². The third-order valence-corrected chi connectivity index (χ3v) is 5.80. The van der Waals surface area contributed by atoms with E-state index in [1.807, 2.05) is 13.0 Å². The van der Waals surface area contributed by atoms with Crippen LogP contribution in [-0.4, -0.2) is 75.8 Å². The van der Waals surface area contributed by atoms with Gasteiger partial charge in [0.2, 0.25) is 0 Å². The van der Waals surface area contributed by atoms with Crippen molar-refractivity contribution in [3.8, 4) is 0 Å². The van der Waals surface area contributed by atoms with Crippen molar-refractivity contribution in [2.45, 2.75) is 69.4 Å². The molecule has 0 aromatic rings. The van der Waals surface area contributed by atoms with E-state index in [1.165, 1.54) is 0 Å². The molecule has 2 fully saturated rings. The smallest absolute Gasteiger partial charge is 0.334 e. The zero-order chi connectivity index (χ0) is 22.0. The summed E-state index contributed by atoms with van der Waals surface area (Å²) < 4.78 is 15.8. The number of carbonyl (C=O) groups excluding carboxylic acids is 2. The molecule has 0 aromatic heterocycles. The van der Waals surface area contributed by atoms with E-state index in [4.69, 9.17) is 14.2 Å². The molecule has 0 radical (unpaired) electrons. The van der Waals surface area contributed by atoms with E-state index in [9.17, 15) is 30.0 Å². The summed E-state index contributed by atoms with van der Waals surface area (Å²) in [5.41, 5.74) is 1.73. The highest BCUT2D eigenvalue weighted by Gasteiger charge is 2.46. The van der Waals surface area contributed by atoms with Crippen LogP contribution in [0.25, 0.3) is 0 Å². The lowest BCUT2D eigenvalue weighted by Crippen LogP contribution is -2.59. The number of aliphatic hydroxyl groups excluding tert-OH is 4. The van der Waals surface area contributed by atoms with Crippen LogP contribution >= 0.6 is 0 Å². The summed E-state index contributed by atoms with van der Waals surface area (Å²) in [6, 6.07) is 0. The van der Waals surface area contributed by atoms with Crippen LogP contribution in [0.15, 0.2) is 35.5 Å². The first kappa shape index (κ1) is 22.6. The lowest BCUT2D eigenvalue weighted by Gasteiger charge is -2.39. The average Bonchev–Trinajstić information content (AvgIpc) is 2.97. The highest BCUT2D eigenvalue weighted by atomic mass is 16.7. The van der Waals surface area contributed by atoms with E-state index >= 15 is 0 Å². The number of aliphatic hydroxyl groups is 4. The molecule has 2 heterocycles. The van der Waals surface area contributed by atoms with Crippen molar-refractivity contribution in [3.63, 3.8) is 0 Å². The molecule has 1 aliphatic carbocycles. The van der Waals surface area contributed by atoms with E-state index in [2.05, 4.69) is 6.58 Å². The molecule has 2 saturated heterocycles. The highest BCUT2D eigenvalue weighted by molar-refractivity contribution is 5.91. The molecule has 0 aromatic carbocycles. The Balaban J connectivity index is 1.75. The third kappa shape index (κ3) is 4.65. The largest absolute Gasteiger partial charge is 0.454 e. The van der Waals surface area contributed by atoms with Gasteiger partial charge in [0.15, 0.2) is 12.4 Å². The maximum absolute atomic E-state index is 12.8. The Morgan fingerprint density at radius 1 is 1.27 bits per heavy atom. The molecule has 0 amide bonds. The maximum atomic E-state index is 12.8. The van der Waals surface area contributed by atoms with Crippen LogP contribution in [0.5, 0.6) is 0 Å². The standard InChI is InChI=1S/C21H28O9/c1-10-4-3-5-12(6-7-13-11(2)19(25)28-14(13)8-10)20(26)30-18-15(9-22)29-21(27)17(24)16(18)23/h5,8,13-18,21-24,27H,2-4,6-7,9H2,1H3/b10-8-,12-5+/t13-,14+,15-,16+,17+,18+,21-/m0/s1. The summed E-state index contributed by atoms with van der Waals surface area (Å²) in [6.07, 6.45) is -2.32. The minimum absolute atomic E-state index is 0.257. The molecule has 30 heavy (non-hydrogen) atoms. The summed E-state index contributed by atoms with van der Waals surface area (Å²) >= 11 is 0. The molecule has 0 unspecified atom stereocenters. The van der Waals surface area contributed by atoms with Gasteiger partial charge in [-0.25, -0.2) is 9.59 Å². The van der Waals surface area contributed by atoms with Crippen LogP contribution in [0, 0.1) is 5.92 Å². The van der Waals surface area contributed by atoms with Crippen molar-refractivity contribution in [1.82, 2.24) is 0 Å². The Bertz CT molecular complexity index is 754. The topological polar surface area (TPSA) is 143 Å². The molecule has 4 N–H and O–H groups in total. The number of rotatable bonds is 3. The molecule has 166 valence electrons. The Hall–Kier alpha value is -2.04. The average molecular weight is 424 g/mol. The third-order valence-electron chi connectivity index (χ3n) is 5.80. The number of fused-ring (bicyclic) bond motifs is 1. The Morgan fingerprint density at radius 2 is 2.00 bits per heavy atom. The van der Waals surface area contributed by atoms with Gasteiger partial charge in [0.1, 0.15) is 24.4 Å². The zero-order valence-corrected chi connectivity index (χ0v) is 16.8. The maximum Gasteiger partial charge on any atom is 0.334 e. The highest BCUT2D eigenvalue weighted by Crippen LogP contribution is 2.34. The van der Waals surface area contributed by atoms with Crippen molar-refractivity contribution in [1.29, 1.82) is 0 Å². The molecule has 3 aliphatic rings. The van der Waals surface area contributed by atoms with Crippen LogP contribution < -0.4 is 0 Å². The van der Waals surface area contributed by atoms with Crippen LogP contribution in [0.1, 0.15) is 32.6 Å². The van der Waals surface area contributed by atoms with Gasteiger partial charge in [-0.3, -0.25) is 0 Å². The molecule has 0 bridgehead atoms. The van der Waals surface area contributed by atoms with Gasteiger partial charge in [-0.2, -0.15) is 0 Å². The Kier molecular flexibility index (Phi) is 7.10. The molecular weight excluding hydrogens is 396 g/mol. The molecule has 9 heteroatoms. The van der Waals surface area contributed by atoms with Crippen molar-refractivity contribution >= 4 is 11.9 Å². The number of hydrogen-bond donors (Lipinski definition) is 4. The Morgan fingerprint density at radius 3 is 2.70 bits per heavy atom. The summed E-state index contributed by atoms with van der Waals surface area (Å²) in [5, 5.41) is 39.0. The normalized spacial score (nSPS) is 41.0. The molecule has 2 aliphatic heterocycles. The van der Waals surface area contributed by atoms with Gasteiger partial charge in [-0.05, 0) is 38.7 Å². The number of ether oxygens (including phenoxy) is 3. The SMILES string of the molecule is C=C1C(=O)O[C@@H]2/C=C(/C)CC/C=C(/C(=O)O[C@H]3[C@H](O)[C@@H](O)[C@@H](O)O[C@H]3CO)CC[C@@H]12. The van der Waals surface area contributed by atoms with Gasteiger partial charge in [-0.1, -0.05) is 18.2 Å². The van der Waals surface area contributed by atoms with Gasteiger partial charge >= 0.3 is 11.9 Å². The first-order valence-corrected chi connectivity index (χ1v) is 10.0. The number of hydrogen-bond acceptors (Lipinski definition) is 9. The van der Waals surface area contributed by atoms with E-state index < -0.39 is 55.4 Å². The fraction of sp³-hybridized carbons (Fsp3) is 0.619. The van der Waals surface area contributed by atoms with Crippen LogP contribution in [0.2, 0.25) is 0 Å². The second-order valence-corrected chi connectivity index (χ2v) is 7.92. The predicted molar refractivity (Wildman–Crippen MR) is 103 cm³/mol. The van der Waals surface area contributed by atoms with Crippen molar-refractivity contribution in [2.24, 2.45) is 5.92 Å². The number of carbonyl (C=O) groups is 2. The van der Waals surface area contributed by atoms with Gasteiger partial charge < -0.3 is 34.6 Å². The fourth-order valence-electron chi connectivity index (χ4n) is 3.97. The molecule has 3 rings (SSSR count). The van der Waals surface area contributed by atoms with E-state index in [-0.39, 0.29) is 5.92 Å². The summed E-state index contributed by atoms with van der Waals surface area (Å²) in [7, 11) is 0. The fourth-order valence-corrected chi connectivity index (χ4v) is 3.97. The summed E-state index contributed by atoms with van der Waals surface area (Å²) in [4.78, 5) is 24.7. The van der Waals surface area contributed by atoms with Gasteiger partial charge in [-0.15, -0.1) is 0 Å². The second-order valence-electron chi connectivity index (χ2n) is 7.92. The molecule has 7 atom stereocenters. The van der Waals surface area contributed by atoms with Crippen LogP contribution in [-0.2, 0) is 23.8 Å². The van der Waals surface area contributed by atoms with E-state index in [1.54, 1.807) is 6.08 Å². The van der Waals surface area contributed by atoms with Gasteiger partial charge in [0.05, 0.1) is 6.61 Å². The van der Waals surface area contributed by atoms with Crippen LogP contribution in [0.4, 0.5) is 0 Å². The van der Waals surface area contributed by atoms with E-state index in [0.29, 0.717) is 36.8 Å². The van der Waals surface area contributed by atoms with Crippen molar-refractivity contribution in [2.75, 3.05) is 6.61 Å². The number of allylic oxidation sites excluding steroid dienone is 2. The second kappa shape index (κ2) is 9.40. The van der Waals surface area contributed by atoms with Gasteiger partial charge in [0.25, 0.3) is 0 Å². The predicted octanol–water partition coefficient (Wildman–Crippen LogP) is -0.126. The molecule has 9 nitrogen and oxygen atoms in total. The molecule has 0 saturated carbocycles. The van der Waals surface area contributed by atoms with Crippen LogP contribution in [0.3, 0.4) is 0 Å². The Labute approximate surface area is 174 Å². The minimum atomic E-state index is -1.70. The van der Waals surface area contributed by atoms with E-state index in [0.717, 1.165) is 5.57 Å². The summed E-state index contributed by atoms with van der Waals surface area (Å²) in [5.74, 6) is -1.42. The van der Waals surface area contributed by atoms with Gasteiger partial charge in [0, 0.05) is 17.1 Å². The quantitative estimate of drug-likeness (QED) is 0.277. The molecular formula is C21H28O9. The minimum Gasteiger partial charge on any atom is -0.454 e. The number of esters is 2. The first-order valence-electron chi connectivity index (χ1n) is 10.0. The van der Waals surface area contributed by atoms with Crippen molar-refractivity contribution in [3.05, 3.63) is 35.5 Å². The lowest BCUT2D eigenvalue weighted by molar-refractivity contribution is -0.289. The zero-order valence-electron chi connectivity index (χ0n) is 16.8. The molecule has 0 spiro atoms. The summed E-state index contributed by atoms with van der Waals surface area (Å²) in [6.45, 7) is 5.12. The monoisotopic (exact) mass is 424 g/mol.